The Labute approximate surface area is 166 Å². The molecule has 2 aromatic carbocycles. The van der Waals surface area contributed by atoms with E-state index in [0.29, 0.717) is 11.1 Å². The summed E-state index contributed by atoms with van der Waals surface area (Å²) in [6.45, 7) is 5.81. The summed E-state index contributed by atoms with van der Waals surface area (Å²) in [5, 5.41) is 34.0. The normalized spacial score (nSPS) is 10.6. The van der Waals surface area contributed by atoms with Crippen LogP contribution in [0.3, 0.4) is 0 Å². The standard InChI is InChI=1S/2C8H8O2.C6H14O2/c2*1-6-2-4-7(5-3-6)8(9)10;1-2-3-4-6(8)5-7/h2*2-5H,1H3,(H,9,10);6-8H,2-5H2,1H3. The van der Waals surface area contributed by atoms with Crippen molar-refractivity contribution >= 4 is 11.9 Å². The Morgan fingerprint density at radius 2 is 1.18 bits per heavy atom. The van der Waals surface area contributed by atoms with Crippen LogP contribution in [0.15, 0.2) is 48.5 Å². The van der Waals surface area contributed by atoms with E-state index < -0.39 is 18.0 Å². The zero-order valence-electron chi connectivity index (χ0n) is 16.6. The van der Waals surface area contributed by atoms with Crippen molar-refractivity contribution in [3.05, 3.63) is 70.8 Å². The van der Waals surface area contributed by atoms with E-state index in [9.17, 15) is 9.59 Å². The maximum absolute atomic E-state index is 10.3. The molecule has 0 aromatic heterocycles. The zero-order valence-corrected chi connectivity index (χ0v) is 16.6. The monoisotopic (exact) mass is 390 g/mol. The van der Waals surface area contributed by atoms with Crippen LogP contribution < -0.4 is 0 Å². The number of carboxylic acids is 2. The molecule has 154 valence electrons. The summed E-state index contributed by atoms with van der Waals surface area (Å²) in [7, 11) is 0. The Balaban J connectivity index is 0.000000394. The fourth-order valence-corrected chi connectivity index (χ4v) is 1.92. The van der Waals surface area contributed by atoms with Gasteiger partial charge in [0.1, 0.15) is 0 Å². The van der Waals surface area contributed by atoms with E-state index in [4.69, 9.17) is 20.4 Å². The van der Waals surface area contributed by atoms with E-state index in [-0.39, 0.29) is 6.61 Å². The number of aromatic carboxylic acids is 2. The third kappa shape index (κ3) is 11.8. The lowest BCUT2D eigenvalue weighted by molar-refractivity contribution is 0.0686. The van der Waals surface area contributed by atoms with Crippen LogP contribution in [0.5, 0.6) is 0 Å². The first kappa shape index (κ1) is 25.3. The number of hydrogen-bond acceptors (Lipinski definition) is 4. The average Bonchev–Trinajstić information content (AvgIpc) is 2.67. The SMILES string of the molecule is CCCCC(O)CO.Cc1ccc(C(=O)O)cc1.Cc1ccc(C(=O)O)cc1. The summed E-state index contributed by atoms with van der Waals surface area (Å²) in [4.78, 5) is 20.6. The number of hydrogen-bond donors (Lipinski definition) is 4. The molecule has 0 fully saturated rings. The number of aliphatic hydroxyl groups excluding tert-OH is 2. The summed E-state index contributed by atoms with van der Waals surface area (Å²) < 4.78 is 0. The first-order chi connectivity index (χ1) is 13.2. The number of rotatable bonds is 6. The van der Waals surface area contributed by atoms with Crippen molar-refractivity contribution in [2.75, 3.05) is 6.61 Å². The van der Waals surface area contributed by atoms with Gasteiger partial charge in [0, 0.05) is 0 Å². The number of aliphatic hydroxyl groups is 2. The lowest BCUT2D eigenvalue weighted by atomic mass is 10.2. The van der Waals surface area contributed by atoms with Crippen LogP contribution >= 0.6 is 0 Å². The summed E-state index contributed by atoms with van der Waals surface area (Å²) in [6, 6.07) is 13.5. The molecular weight excluding hydrogens is 360 g/mol. The van der Waals surface area contributed by atoms with Gasteiger partial charge in [0.25, 0.3) is 0 Å². The van der Waals surface area contributed by atoms with Crippen LogP contribution in [-0.2, 0) is 0 Å². The highest BCUT2D eigenvalue weighted by molar-refractivity contribution is 5.87. The maximum Gasteiger partial charge on any atom is 0.335 e. The van der Waals surface area contributed by atoms with E-state index in [2.05, 4.69) is 6.92 Å². The molecule has 6 heteroatoms. The summed E-state index contributed by atoms with van der Waals surface area (Å²) in [5.41, 5.74) is 2.83. The van der Waals surface area contributed by atoms with Crippen LogP contribution in [0.1, 0.15) is 58.0 Å². The molecule has 0 aliphatic rings. The van der Waals surface area contributed by atoms with Gasteiger partial charge in [0.05, 0.1) is 23.8 Å². The van der Waals surface area contributed by atoms with Gasteiger partial charge in [0.2, 0.25) is 0 Å². The highest BCUT2D eigenvalue weighted by atomic mass is 16.4. The molecule has 2 aromatic rings. The lowest BCUT2D eigenvalue weighted by Gasteiger charge is -2.02. The number of carbonyl (C=O) groups is 2. The Bertz CT molecular complexity index is 636. The van der Waals surface area contributed by atoms with E-state index in [1.165, 1.54) is 0 Å². The van der Waals surface area contributed by atoms with Crippen molar-refractivity contribution in [2.45, 2.75) is 46.1 Å². The van der Waals surface area contributed by atoms with Crippen LogP contribution in [-0.4, -0.2) is 45.1 Å². The molecule has 0 saturated heterocycles. The Morgan fingerprint density at radius 1 is 0.821 bits per heavy atom. The smallest absolute Gasteiger partial charge is 0.335 e. The zero-order chi connectivity index (χ0) is 21.5. The molecule has 1 atom stereocenters. The van der Waals surface area contributed by atoms with Crippen molar-refractivity contribution in [2.24, 2.45) is 0 Å². The molecule has 0 aliphatic heterocycles. The van der Waals surface area contributed by atoms with Crippen molar-refractivity contribution in [1.82, 2.24) is 0 Å². The second kappa shape index (κ2) is 14.4. The minimum Gasteiger partial charge on any atom is -0.478 e. The predicted molar refractivity (Wildman–Crippen MR) is 109 cm³/mol. The van der Waals surface area contributed by atoms with E-state index in [1.54, 1.807) is 48.5 Å². The molecule has 0 aliphatic carbocycles. The molecular formula is C22H30O6. The summed E-state index contributed by atoms with van der Waals surface area (Å²) in [5.74, 6) is -1.75. The highest BCUT2D eigenvalue weighted by Crippen LogP contribution is 2.02. The molecule has 4 N–H and O–H groups in total. The van der Waals surface area contributed by atoms with Crippen molar-refractivity contribution < 1.29 is 30.0 Å². The van der Waals surface area contributed by atoms with Gasteiger partial charge < -0.3 is 20.4 Å². The lowest BCUT2D eigenvalue weighted by Crippen LogP contribution is -2.10. The minimum absolute atomic E-state index is 0.0972. The predicted octanol–water partition coefficient (Wildman–Crippen LogP) is 3.92. The third-order valence-electron chi connectivity index (χ3n) is 3.70. The summed E-state index contributed by atoms with van der Waals surface area (Å²) in [6.07, 6.45) is 2.32. The third-order valence-corrected chi connectivity index (χ3v) is 3.70. The molecule has 2 rings (SSSR count). The number of unbranched alkanes of at least 4 members (excludes halogenated alkanes) is 1. The highest BCUT2D eigenvalue weighted by Gasteiger charge is 1.99. The van der Waals surface area contributed by atoms with Gasteiger partial charge in [-0.1, -0.05) is 55.2 Å². The quantitative estimate of drug-likeness (QED) is 0.594. The second-order valence-electron chi connectivity index (χ2n) is 6.32. The number of aryl methyl sites for hydroxylation is 2. The number of carboxylic acid groups (broad SMARTS) is 2. The molecule has 0 heterocycles. The largest absolute Gasteiger partial charge is 0.478 e. The van der Waals surface area contributed by atoms with Crippen LogP contribution in [0.25, 0.3) is 0 Å². The van der Waals surface area contributed by atoms with Gasteiger partial charge >= 0.3 is 11.9 Å². The van der Waals surface area contributed by atoms with E-state index >= 15 is 0 Å². The van der Waals surface area contributed by atoms with Crippen LogP contribution in [0.4, 0.5) is 0 Å². The number of benzene rings is 2. The van der Waals surface area contributed by atoms with Gasteiger partial charge in [0.15, 0.2) is 0 Å². The van der Waals surface area contributed by atoms with Gasteiger partial charge in [-0.3, -0.25) is 0 Å². The van der Waals surface area contributed by atoms with Crippen molar-refractivity contribution in [3.63, 3.8) is 0 Å². The molecule has 0 spiro atoms. The second-order valence-corrected chi connectivity index (χ2v) is 6.32. The van der Waals surface area contributed by atoms with Gasteiger partial charge in [-0.2, -0.15) is 0 Å². The van der Waals surface area contributed by atoms with Gasteiger partial charge in [-0.25, -0.2) is 9.59 Å². The molecule has 0 radical (unpaired) electrons. The minimum atomic E-state index is -0.875. The van der Waals surface area contributed by atoms with Gasteiger partial charge in [-0.05, 0) is 44.5 Å². The van der Waals surface area contributed by atoms with Crippen molar-refractivity contribution in [3.8, 4) is 0 Å². The Kier molecular flexibility index (Phi) is 13.0. The van der Waals surface area contributed by atoms with E-state index in [0.717, 1.165) is 30.4 Å². The molecule has 6 nitrogen and oxygen atoms in total. The molecule has 1 unspecified atom stereocenters. The fraction of sp³-hybridized carbons (Fsp3) is 0.364. The molecule has 28 heavy (non-hydrogen) atoms. The van der Waals surface area contributed by atoms with Crippen LogP contribution in [0.2, 0.25) is 0 Å². The topological polar surface area (TPSA) is 115 Å². The Morgan fingerprint density at radius 3 is 1.43 bits per heavy atom. The molecule has 0 amide bonds. The Hall–Kier alpha value is -2.70. The first-order valence-electron chi connectivity index (χ1n) is 9.10. The maximum atomic E-state index is 10.3. The fourth-order valence-electron chi connectivity index (χ4n) is 1.92. The van der Waals surface area contributed by atoms with E-state index in [1.807, 2.05) is 13.8 Å². The van der Waals surface area contributed by atoms with Crippen molar-refractivity contribution in [1.29, 1.82) is 0 Å². The average molecular weight is 390 g/mol. The summed E-state index contributed by atoms with van der Waals surface area (Å²) >= 11 is 0. The van der Waals surface area contributed by atoms with Gasteiger partial charge in [-0.15, -0.1) is 0 Å². The molecule has 0 bridgehead atoms. The first-order valence-corrected chi connectivity index (χ1v) is 9.10. The molecule has 0 saturated carbocycles. The van der Waals surface area contributed by atoms with Crippen LogP contribution in [0, 0.1) is 13.8 Å².